The van der Waals surface area contributed by atoms with Gasteiger partial charge in [-0.15, -0.1) is 0 Å². The fourth-order valence-corrected chi connectivity index (χ4v) is 5.15. The quantitative estimate of drug-likeness (QED) is 0.275. The molecule has 1 aliphatic rings. The van der Waals surface area contributed by atoms with Crippen molar-refractivity contribution in [3.05, 3.63) is 84.6 Å². The fraction of sp³-hybridized carbons (Fsp3) is 0.355. The van der Waals surface area contributed by atoms with Gasteiger partial charge in [0.25, 0.3) is 0 Å². The lowest BCUT2D eigenvalue weighted by Gasteiger charge is -2.42. The van der Waals surface area contributed by atoms with E-state index >= 15 is 0 Å². The zero-order chi connectivity index (χ0) is 29.3. The molecule has 42 heavy (non-hydrogen) atoms. The largest absolute Gasteiger partial charge is 0.497 e. The van der Waals surface area contributed by atoms with Gasteiger partial charge in [0.1, 0.15) is 17.9 Å². The zero-order valence-electron chi connectivity index (χ0n) is 24.3. The number of nitrogens with one attached hydrogen (secondary N) is 1. The van der Waals surface area contributed by atoms with Crippen LogP contribution in [0.1, 0.15) is 17.5 Å². The molecule has 1 saturated heterocycles. The molecule has 1 aliphatic heterocycles. The third-order valence-corrected chi connectivity index (χ3v) is 7.50. The van der Waals surface area contributed by atoms with Crippen molar-refractivity contribution >= 4 is 11.7 Å². The Morgan fingerprint density at radius 3 is 2.50 bits per heavy atom. The molecular formula is C31H37N7O4. The predicted molar refractivity (Wildman–Crippen MR) is 159 cm³/mol. The number of rotatable bonds is 12. The van der Waals surface area contributed by atoms with Crippen molar-refractivity contribution in [2.24, 2.45) is 0 Å². The molecule has 5 rings (SSSR count). The minimum atomic E-state index is -0.00660. The maximum absolute atomic E-state index is 13.2. The summed E-state index contributed by atoms with van der Waals surface area (Å²) in [6, 6.07) is 15.7. The van der Waals surface area contributed by atoms with Crippen molar-refractivity contribution in [1.29, 1.82) is 0 Å². The third-order valence-electron chi connectivity index (χ3n) is 7.50. The van der Waals surface area contributed by atoms with Crippen molar-refractivity contribution in [3.63, 3.8) is 0 Å². The molecule has 1 amide bonds. The molecule has 0 spiro atoms. The van der Waals surface area contributed by atoms with Crippen molar-refractivity contribution in [3.8, 4) is 23.2 Å². The highest BCUT2D eigenvalue weighted by molar-refractivity contribution is 5.76. The molecule has 2 aromatic carbocycles. The number of carbonyl (C=O) groups is 1. The molecule has 0 aliphatic carbocycles. The maximum Gasteiger partial charge on any atom is 0.236 e. The number of nitrogens with zero attached hydrogens (tertiary/aromatic N) is 6. The van der Waals surface area contributed by atoms with Crippen LogP contribution in [0, 0.1) is 0 Å². The summed E-state index contributed by atoms with van der Waals surface area (Å²) in [7, 11) is 4.88. The smallest absolute Gasteiger partial charge is 0.236 e. The van der Waals surface area contributed by atoms with Crippen molar-refractivity contribution in [2.45, 2.75) is 25.4 Å². The number of imidazole rings is 1. The molecule has 2 aromatic heterocycles. The lowest BCUT2D eigenvalue weighted by Crippen LogP contribution is -2.55. The minimum absolute atomic E-state index is 0.00660. The summed E-state index contributed by atoms with van der Waals surface area (Å²) in [5.41, 5.74) is 2.17. The van der Waals surface area contributed by atoms with E-state index in [2.05, 4.69) is 37.2 Å². The van der Waals surface area contributed by atoms with E-state index in [4.69, 9.17) is 19.2 Å². The molecule has 1 atom stereocenters. The van der Waals surface area contributed by atoms with E-state index in [-0.39, 0.29) is 11.9 Å². The Kier molecular flexibility index (Phi) is 9.50. The average molecular weight is 572 g/mol. The Balaban J connectivity index is 1.27. The number of amides is 1. The molecule has 220 valence electrons. The van der Waals surface area contributed by atoms with Gasteiger partial charge in [-0.3, -0.25) is 14.3 Å². The second kappa shape index (κ2) is 13.8. The molecule has 0 radical (unpaired) electrons. The molecule has 1 fully saturated rings. The van der Waals surface area contributed by atoms with Crippen LogP contribution in [0.15, 0.2) is 73.4 Å². The van der Waals surface area contributed by atoms with Gasteiger partial charge >= 0.3 is 0 Å². The summed E-state index contributed by atoms with van der Waals surface area (Å²) in [4.78, 5) is 31.2. The van der Waals surface area contributed by atoms with Crippen LogP contribution in [-0.4, -0.2) is 83.9 Å². The number of anilines is 1. The number of hydrogen-bond acceptors (Lipinski definition) is 9. The first-order valence-corrected chi connectivity index (χ1v) is 14.0. The van der Waals surface area contributed by atoms with Gasteiger partial charge in [-0.1, -0.05) is 18.2 Å². The molecule has 0 saturated carbocycles. The monoisotopic (exact) mass is 571 g/mol. The first kappa shape index (κ1) is 28.9. The highest BCUT2D eigenvalue weighted by Crippen LogP contribution is 2.27. The van der Waals surface area contributed by atoms with Gasteiger partial charge in [-0.2, -0.15) is 4.98 Å². The Labute approximate surface area is 246 Å². The van der Waals surface area contributed by atoms with Gasteiger partial charge in [0.15, 0.2) is 11.5 Å². The highest BCUT2D eigenvalue weighted by atomic mass is 16.5. The lowest BCUT2D eigenvalue weighted by atomic mass is 10.1. The summed E-state index contributed by atoms with van der Waals surface area (Å²) >= 11 is 0. The number of aromatic nitrogens is 4. The lowest BCUT2D eigenvalue weighted by molar-refractivity contribution is -0.122. The van der Waals surface area contributed by atoms with Gasteiger partial charge in [-0.05, 0) is 47.9 Å². The van der Waals surface area contributed by atoms with Crippen LogP contribution >= 0.6 is 0 Å². The number of piperazine rings is 1. The van der Waals surface area contributed by atoms with Crippen LogP contribution in [0.3, 0.4) is 0 Å². The van der Waals surface area contributed by atoms with Crippen LogP contribution < -0.4 is 24.4 Å². The fourth-order valence-electron chi connectivity index (χ4n) is 5.15. The topological polar surface area (TPSA) is 107 Å². The minimum Gasteiger partial charge on any atom is -0.497 e. The molecule has 11 nitrogen and oxygen atoms in total. The number of hydrogen-bond donors (Lipinski definition) is 1. The third kappa shape index (κ3) is 7.16. The van der Waals surface area contributed by atoms with Gasteiger partial charge in [0.2, 0.25) is 11.9 Å². The van der Waals surface area contributed by atoms with E-state index in [0.29, 0.717) is 37.0 Å². The van der Waals surface area contributed by atoms with Crippen molar-refractivity contribution in [2.75, 3.05) is 52.4 Å². The van der Waals surface area contributed by atoms with Gasteiger partial charge < -0.3 is 24.4 Å². The van der Waals surface area contributed by atoms with Crippen LogP contribution in [-0.2, 0) is 17.8 Å². The van der Waals surface area contributed by atoms with E-state index < -0.39 is 0 Å². The predicted octanol–water partition coefficient (Wildman–Crippen LogP) is 3.13. The molecular weight excluding hydrogens is 534 g/mol. The van der Waals surface area contributed by atoms with Gasteiger partial charge in [-0.25, -0.2) is 9.97 Å². The summed E-state index contributed by atoms with van der Waals surface area (Å²) in [5.74, 6) is 3.53. The second-order valence-electron chi connectivity index (χ2n) is 10.1. The zero-order valence-corrected chi connectivity index (χ0v) is 24.3. The molecule has 0 bridgehead atoms. The van der Waals surface area contributed by atoms with E-state index in [1.54, 1.807) is 44.6 Å². The van der Waals surface area contributed by atoms with Gasteiger partial charge in [0.05, 0.1) is 21.3 Å². The van der Waals surface area contributed by atoms with Crippen LogP contribution in [0.4, 0.5) is 5.82 Å². The average Bonchev–Trinajstić information content (AvgIpc) is 3.59. The Morgan fingerprint density at radius 1 is 0.952 bits per heavy atom. The molecule has 1 N–H and O–H groups in total. The van der Waals surface area contributed by atoms with E-state index in [9.17, 15) is 4.79 Å². The van der Waals surface area contributed by atoms with E-state index in [1.165, 1.54) is 5.56 Å². The normalized spacial score (nSPS) is 15.3. The van der Waals surface area contributed by atoms with E-state index in [1.807, 2.05) is 42.6 Å². The highest BCUT2D eigenvalue weighted by Gasteiger charge is 2.29. The number of benzene rings is 2. The molecule has 3 heterocycles. The SMILES string of the molecule is COc1ccc(CCN2CCN(c3ccnc(-n4ccnc4)n3)CC2CC(=O)NCc2ccc(OC)c(OC)c2)cc1. The van der Waals surface area contributed by atoms with Crippen LogP contribution in [0.25, 0.3) is 5.95 Å². The summed E-state index contributed by atoms with van der Waals surface area (Å²) in [6.45, 7) is 3.53. The Morgan fingerprint density at radius 2 is 1.76 bits per heavy atom. The molecule has 11 heteroatoms. The Hall–Kier alpha value is -4.64. The summed E-state index contributed by atoms with van der Waals surface area (Å²) in [6.07, 6.45) is 8.22. The first-order valence-electron chi connectivity index (χ1n) is 14.0. The number of methoxy groups -OCH3 is 3. The summed E-state index contributed by atoms with van der Waals surface area (Å²) in [5, 5.41) is 3.09. The van der Waals surface area contributed by atoms with Gasteiger partial charge in [0, 0.05) is 63.8 Å². The van der Waals surface area contributed by atoms with Crippen LogP contribution in [0.2, 0.25) is 0 Å². The first-order chi connectivity index (χ1) is 20.6. The number of ether oxygens (including phenoxy) is 3. The van der Waals surface area contributed by atoms with Crippen molar-refractivity contribution in [1.82, 2.24) is 29.7 Å². The van der Waals surface area contributed by atoms with E-state index in [0.717, 1.165) is 43.2 Å². The maximum atomic E-state index is 13.2. The van der Waals surface area contributed by atoms with Crippen molar-refractivity contribution < 1.29 is 19.0 Å². The Bertz CT molecular complexity index is 1450. The molecule has 4 aromatic rings. The molecule has 1 unspecified atom stereocenters. The number of carbonyl (C=O) groups excluding carboxylic acids is 1. The summed E-state index contributed by atoms with van der Waals surface area (Å²) < 4.78 is 17.8. The standard InChI is InChI=1S/C31H37N7O4/c1-40-26-7-4-23(5-8-26)11-14-36-16-17-37(29-10-12-33-31(35-29)38-15-13-32-22-38)21-25(36)19-30(39)34-20-24-6-9-27(41-2)28(18-24)42-3/h4-10,12-13,15,18,22,25H,11,14,16-17,19-21H2,1-3H3,(H,34,39). The second-order valence-corrected chi connectivity index (χ2v) is 10.1. The van der Waals surface area contributed by atoms with Crippen LogP contribution in [0.5, 0.6) is 17.2 Å².